The summed E-state index contributed by atoms with van der Waals surface area (Å²) in [5, 5.41) is 0. The fourth-order valence-electron chi connectivity index (χ4n) is 3.43. The van der Waals surface area contributed by atoms with Crippen LogP contribution in [0.25, 0.3) is 17.2 Å². The van der Waals surface area contributed by atoms with Gasteiger partial charge in [-0.1, -0.05) is 46.3 Å². The summed E-state index contributed by atoms with van der Waals surface area (Å²) in [5.74, 6) is 0. The maximum Gasteiger partial charge on any atom is 0.0178 e. The Morgan fingerprint density at radius 1 is 0.842 bits per heavy atom. The average molecular weight is 311 g/mol. The third kappa shape index (κ3) is 1.80. The topological polar surface area (TPSA) is 0 Å². The molecule has 0 unspecified atom stereocenters. The molecular formula is C18H15Br. The van der Waals surface area contributed by atoms with Crippen molar-refractivity contribution in [1.29, 1.82) is 0 Å². The maximum atomic E-state index is 3.58. The molecular weight excluding hydrogens is 296 g/mol. The summed E-state index contributed by atoms with van der Waals surface area (Å²) in [6.45, 7) is 0. The van der Waals surface area contributed by atoms with Crippen LogP contribution in [-0.4, -0.2) is 0 Å². The Balaban J connectivity index is 1.96. The highest BCUT2D eigenvalue weighted by molar-refractivity contribution is 9.10. The predicted octanol–water partition coefficient (Wildman–Crippen LogP) is 5.17. The smallest absolute Gasteiger partial charge is 0.0178 e. The van der Waals surface area contributed by atoms with E-state index >= 15 is 0 Å². The number of halogens is 1. The first-order valence-corrected chi connectivity index (χ1v) is 7.72. The van der Waals surface area contributed by atoms with Crippen molar-refractivity contribution in [2.24, 2.45) is 0 Å². The molecule has 94 valence electrons. The summed E-state index contributed by atoms with van der Waals surface area (Å²) < 4.78 is 1.19. The summed E-state index contributed by atoms with van der Waals surface area (Å²) >= 11 is 3.58. The van der Waals surface area contributed by atoms with E-state index in [0.29, 0.717) is 0 Å². The van der Waals surface area contributed by atoms with Crippen LogP contribution in [0.3, 0.4) is 0 Å². The van der Waals surface area contributed by atoms with Crippen LogP contribution in [0.15, 0.2) is 40.9 Å². The summed E-state index contributed by atoms with van der Waals surface area (Å²) in [6.07, 6.45) is 9.34. The standard InChI is InChI=1S/C18H15Br/c19-14-7-10-16-13(11-14)6-9-17-15-4-2-1-3-12(15)5-8-18(16)17/h1,3,5,7-8,10-11H,2,4,6,9H2. The minimum Gasteiger partial charge on any atom is -0.0836 e. The molecule has 0 N–H and O–H groups in total. The Kier molecular flexibility index (Phi) is 2.63. The van der Waals surface area contributed by atoms with Gasteiger partial charge in [0, 0.05) is 4.47 Å². The van der Waals surface area contributed by atoms with E-state index in [4.69, 9.17) is 0 Å². The molecule has 2 aliphatic rings. The van der Waals surface area contributed by atoms with Crippen molar-refractivity contribution in [2.45, 2.75) is 25.7 Å². The van der Waals surface area contributed by atoms with Crippen LogP contribution in [0.1, 0.15) is 28.7 Å². The van der Waals surface area contributed by atoms with E-state index in [1.54, 1.807) is 11.1 Å². The van der Waals surface area contributed by atoms with Gasteiger partial charge in [0.25, 0.3) is 0 Å². The average Bonchev–Trinajstić information content (AvgIpc) is 2.46. The maximum absolute atomic E-state index is 3.58. The zero-order valence-corrected chi connectivity index (χ0v) is 12.3. The normalized spacial score (nSPS) is 15.6. The molecule has 0 radical (unpaired) electrons. The van der Waals surface area contributed by atoms with Gasteiger partial charge in [-0.15, -0.1) is 0 Å². The van der Waals surface area contributed by atoms with Gasteiger partial charge in [-0.2, -0.15) is 0 Å². The van der Waals surface area contributed by atoms with Gasteiger partial charge in [-0.25, -0.2) is 0 Å². The molecule has 2 aromatic carbocycles. The molecule has 2 aliphatic carbocycles. The fourth-order valence-corrected chi connectivity index (χ4v) is 3.84. The van der Waals surface area contributed by atoms with Crippen molar-refractivity contribution in [3.8, 4) is 11.1 Å². The SMILES string of the molecule is Brc1ccc2c(c1)CCc1c-2ccc2c1CCC=C2. The molecule has 4 rings (SSSR count). The third-order valence-corrected chi connectivity index (χ3v) is 4.82. The lowest BCUT2D eigenvalue weighted by Crippen LogP contribution is -2.09. The number of rotatable bonds is 0. The van der Waals surface area contributed by atoms with Crippen LogP contribution in [0.2, 0.25) is 0 Å². The Hall–Kier alpha value is -1.34. The summed E-state index contributed by atoms with van der Waals surface area (Å²) in [7, 11) is 0. The monoisotopic (exact) mass is 310 g/mol. The summed E-state index contributed by atoms with van der Waals surface area (Å²) in [4.78, 5) is 0. The minimum absolute atomic E-state index is 1.17. The highest BCUT2D eigenvalue weighted by Crippen LogP contribution is 2.39. The Bertz CT molecular complexity index is 695. The van der Waals surface area contributed by atoms with Gasteiger partial charge in [0.2, 0.25) is 0 Å². The van der Waals surface area contributed by atoms with Gasteiger partial charge in [0.05, 0.1) is 0 Å². The number of benzene rings is 2. The summed E-state index contributed by atoms with van der Waals surface area (Å²) in [5.41, 5.74) is 8.99. The molecule has 0 fully saturated rings. The zero-order valence-electron chi connectivity index (χ0n) is 10.7. The van der Waals surface area contributed by atoms with E-state index in [1.165, 1.54) is 52.4 Å². The van der Waals surface area contributed by atoms with Crippen LogP contribution >= 0.6 is 15.9 Å². The number of hydrogen-bond acceptors (Lipinski definition) is 0. The largest absolute Gasteiger partial charge is 0.0836 e. The lowest BCUT2D eigenvalue weighted by atomic mass is 9.80. The molecule has 0 aromatic heterocycles. The second-order valence-electron chi connectivity index (χ2n) is 5.40. The van der Waals surface area contributed by atoms with Gasteiger partial charge in [-0.05, 0) is 71.2 Å². The molecule has 0 bridgehead atoms. The minimum atomic E-state index is 1.17. The van der Waals surface area contributed by atoms with Crippen molar-refractivity contribution in [2.75, 3.05) is 0 Å². The van der Waals surface area contributed by atoms with Gasteiger partial charge in [-0.3, -0.25) is 0 Å². The molecule has 19 heavy (non-hydrogen) atoms. The Morgan fingerprint density at radius 2 is 1.74 bits per heavy atom. The first-order valence-electron chi connectivity index (χ1n) is 6.93. The van der Waals surface area contributed by atoms with Gasteiger partial charge >= 0.3 is 0 Å². The molecule has 0 amide bonds. The second-order valence-corrected chi connectivity index (χ2v) is 6.32. The number of fused-ring (bicyclic) bond motifs is 5. The lowest BCUT2D eigenvalue weighted by molar-refractivity contribution is 0.887. The summed E-state index contributed by atoms with van der Waals surface area (Å²) in [6, 6.07) is 11.3. The van der Waals surface area contributed by atoms with Crippen LogP contribution in [0.5, 0.6) is 0 Å². The van der Waals surface area contributed by atoms with E-state index in [1.807, 2.05) is 0 Å². The van der Waals surface area contributed by atoms with Crippen molar-refractivity contribution < 1.29 is 0 Å². The molecule has 0 saturated carbocycles. The molecule has 0 nitrogen and oxygen atoms in total. The van der Waals surface area contributed by atoms with E-state index in [-0.39, 0.29) is 0 Å². The van der Waals surface area contributed by atoms with E-state index < -0.39 is 0 Å². The van der Waals surface area contributed by atoms with Crippen LogP contribution in [-0.2, 0) is 19.3 Å². The van der Waals surface area contributed by atoms with Crippen LogP contribution in [0.4, 0.5) is 0 Å². The number of allylic oxidation sites excluding steroid dienone is 1. The molecule has 0 saturated heterocycles. The Morgan fingerprint density at radius 3 is 2.68 bits per heavy atom. The van der Waals surface area contributed by atoms with Crippen LogP contribution < -0.4 is 0 Å². The third-order valence-electron chi connectivity index (χ3n) is 4.33. The number of hydrogen-bond donors (Lipinski definition) is 0. The lowest BCUT2D eigenvalue weighted by Gasteiger charge is -2.25. The second kappa shape index (κ2) is 4.35. The van der Waals surface area contributed by atoms with Gasteiger partial charge in [0.15, 0.2) is 0 Å². The molecule has 0 aliphatic heterocycles. The number of aryl methyl sites for hydroxylation is 1. The first kappa shape index (κ1) is 11.5. The van der Waals surface area contributed by atoms with E-state index in [0.717, 1.165) is 0 Å². The highest BCUT2D eigenvalue weighted by atomic mass is 79.9. The first-order chi connectivity index (χ1) is 9.33. The highest BCUT2D eigenvalue weighted by Gasteiger charge is 2.20. The predicted molar refractivity (Wildman–Crippen MR) is 84.3 cm³/mol. The Labute approximate surface area is 122 Å². The van der Waals surface area contributed by atoms with Crippen molar-refractivity contribution in [3.63, 3.8) is 0 Å². The van der Waals surface area contributed by atoms with E-state index in [2.05, 4.69) is 58.4 Å². The molecule has 0 spiro atoms. The van der Waals surface area contributed by atoms with Gasteiger partial charge in [0.1, 0.15) is 0 Å². The quantitative estimate of drug-likeness (QED) is 0.629. The van der Waals surface area contributed by atoms with Gasteiger partial charge < -0.3 is 0 Å². The van der Waals surface area contributed by atoms with Crippen molar-refractivity contribution in [1.82, 2.24) is 0 Å². The van der Waals surface area contributed by atoms with Crippen molar-refractivity contribution >= 4 is 22.0 Å². The molecule has 2 aromatic rings. The fraction of sp³-hybridized carbons (Fsp3) is 0.222. The van der Waals surface area contributed by atoms with E-state index in [9.17, 15) is 0 Å². The molecule has 0 atom stereocenters. The zero-order chi connectivity index (χ0) is 12.8. The molecule has 0 heterocycles. The molecule has 1 heteroatoms. The van der Waals surface area contributed by atoms with Crippen LogP contribution in [0, 0.1) is 0 Å². The van der Waals surface area contributed by atoms with Crippen molar-refractivity contribution in [3.05, 3.63) is 63.1 Å².